The zero-order valence-corrected chi connectivity index (χ0v) is 11.6. The van der Waals surface area contributed by atoms with Crippen molar-refractivity contribution >= 4 is 10.2 Å². The first kappa shape index (κ1) is 14.8. The Morgan fingerprint density at radius 2 is 1.88 bits per heavy atom. The Morgan fingerprint density at radius 1 is 1.24 bits per heavy atom. The smallest absolute Gasteiger partial charge is 0.292 e. The van der Waals surface area contributed by atoms with Gasteiger partial charge in [-0.05, 0) is 32.9 Å². The Morgan fingerprint density at radius 3 is 2.47 bits per heavy atom. The van der Waals surface area contributed by atoms with Gasteiger partial charge < -0.3 is 5.32 Å². The van der Waals surface area contributed by atoms with Gasteiger partial charge in [0.05, 0.1) is 0 Å². The zero-order valence-electron chi connectivity index (χ0n) is 10.8. The van der Waals surface area contributed by atoms with Gasteiger partial charge in [0.25, 0.3) is 10.2 Å². The van der Waals surface area contributed by atoms with Crippen LogP contribution in [0.25, 0.3) is 0 Å². The Kier molecular flexibility index (Phi) is 6.35. The van der Waals surface area contributed by atoms with Crippen LogP contribution in [-0.2, 0) is 10.2 Å². The quantitative estimate of drug-likeness (QED) is 0.623. The van der Waals surface area contributed by atoms with Crippen molar-refractivity contribution in [2.45, 2.75) is 25.7 Å². The molecule has 2 N–H and O–H groups in total. The lowest BCUT2D eigenvalue weighted by atomic mass is 10.2. The number of piperidine rings is 1. The molecule has 1 saturated heterocycles. The molecule has 0 aliphatic carbocycles. The van der Waals surface area contributed by atoms with Gasteiger partial charge in [-0.1, -0.05) is 6.42 Å². The summed E-state index contributed by atoms with van der Waals surface area (Å²) in [6, 6.07) is 0. The molecule has 17 heavy (non-hydrogen) atoms. The molecule has 1 heterocycles. The number of rotatable bonds is 7. The van der Waals surface area contributed by atoms with Crippen molar-refractivity contribution in [1.29, 1.82) is 0 Å². The highest BCUT2D eigenvalue weighted by molar-refractivity contribution is 7.87. The van der Waals surface area contributed by atoms with Crippen molar-refractivity contribution in [3.05, 3.63) is 0 Å². The highest BCUT2D eigenvalue weighted by Crippen LogP contribution is 2.07. The summed E-state index contributed by atoms with van der Waals surface area (Å²) >= 11 is 0. The normalized spacial score (nSPS) is 18.8. The molecule has 0 bridgehead atoms. The zero-order chi connectivity index (χ0) is 12.7. The third-order valence-corrected chi connectivity index (χ3v) is 4.40. The van der Waals surface area contributed by atoms with Crippen LogP contribution in [0.4, 0.5) is 0 Å². The lowest BCUT2D eigenvalue weighted by Crippen LogP contribution is -2.50. The highest BCUT2D eigenvalue weighted by atomic mass is 32.2. The Labute approximate surface area is 105 Å². The molecule has 0 atom stereocenters. The molecular weight excluding hydrogens is 240 g/mol. The molecule has 1 aliphatic rings. The number of hydrogen-bond donors (Lipinski definition) is 2. The molecule has 1 fully saturated rings. The van der Waals surface area contributed by atoms with Gasteiger partial charge in [-0.3, -0.25) is 0 Å². The molecule has 6 nitrogen and oxygen atoms in total. The van der Waals surface area contributed by atoms with E-state index in [1.165, 1.54) is 10.7 Å². The summed E-state index contributed by atoms with van der Waals surface area (Å²) in [4.78, 5) is 2.63. The van der Waals surface area contributed by atoms with Crippen molar-refractivity contribution < 1.29 is 8.42 Å². The van der Waals surface area contributed by atoms with Gasteiger partial charge in [-0.25, -0.2) is 5.01 Å². The summed E-state index contributed by atoms with van der Waals surface area (Å²) < 4.78 is 25.3. The monoisotopic (exact) mass is 264 g/mol. The van der Waals surface area contributed by atoms with E-state index in [9.17, 15) is 8.42 Å². The molecule has 0 spiro atoms. The van der Waals surface area contributed by atoms with Crippen molar-refractivity contribution in [3.63, 3.8) is 0 Å². The van der Waals surface area contributed by atoms with Crippen molar-refractivity contribution in [1.82, 2.24) is 19.5 Å². The molecule has 0 aromatic heterocycles. The molecule has 1 aliphatic heterocycles. The van der Waals surface area contributed by atoms with Crippen molar-refractivity contribution in [2.24, 2.45) is 0 Å². The summed E-state index contributed by atoms with van der Waals surface area (Å²) in [6.45, 7) is 2.97. The summed E-state index contributed by atoms with van der Waals surface area (Å²) in [7, 11) is 0.116. The molecule has 7 heteroatoms. The second-order valence-corrected chi connectivity index (χ2v) is 6.18. The topological polar surface area (TPSA) is 64.7 Å². The molecular formula is C10H24N4O2S. The molecule has 102 valence electrons. The molecule has 1 rings (SSSR count). The molecule has 0 radical (unpaired) electrons. The Balaban J connectivity index is 2.37. The second kappa shape index (κ2) is 7.27. The van der Waals surface area contributed by atoms with Crippen LogP contribution in [0.15, 0.2) is 0 Å². The van der Waals surface area contributed by atoms with E-state index in [2.05, 4.69) is 10.1 Å². The molecule has 0 aromatic rings. The Bertz CT molecular complexity index is 301. The van der Waals surface area contributed by atoms with E-state index in [0.717, 1.165) is 38.9 Å². The average Bonchev–Trinajstić information content (AvgIpc) is 2.30. The fourth-order valence-electron chi connectivity index (χ4n) is 1.82. The maximum Gasteiger partial charge on any atom is 0.292 e. The van der Waals surface area contributed by atoms with E-state index in [1.54, 1.807) is 12.1 Å². The fourth-order valence-corrected chi connectivity index (χ4v) is 2.83. The maximum absolute atomic E-state index is 11.9. The standard InChI is InChI=1S/C10H24N4O2S/c1-11-7-6-8-13(2)17(15,16)12-14-9-4-3-5-10-14/h11-12H,3-10H2,1-2H3. The van der Waals surface area contributed by atoms with Gasteiger partial charge in [-0.2, -0.15) is 12.7 Å². The maximum atomic E-state index is 11.9. The van der Waals surface area contributed by atoms with Crippen LogP contribution in [0.1, 0.15) is 25.7 Å². The van der Waals surface area contributed by atoms with Crippen LogP contribution in [0.2, 0.25) is 0 Å². The molecule has 0 amide bonds. The van der Waals surface area contributed by atoms with Gasteiger partial charge in [0.1, 0.15) is 0 Å². The van der Waals surface area contributed by atoms with Gasteiger partial charge >= 0.3 is 0 Å². The lowest BCUT2D eigenvalue weighted by Gasteiger charge is -2.28. The average molecular weight is 264 g/mol. The summed E-state index contributed by atoms with van der Waals surface area (Å²) in [5.41, 5.74) is 0. The number of nitrogens with one attached hydrogen (secondary N) is 2. The lowest BCUT2D eigenvalue weighted by molar-refractivity contribution is 0.194. The Hall–Kier alpha value is -0.210. The van der Waals surface area contributed by atoms with Crippen LogP contribution >= 0.6 is 0 Å². The predicted octanol–water partition coefficient (Wildman–Crippen LogP) is -0.237. The largest absolute Gasteiger partial charge is 0.320 e. The summed E-state index contributed by atoms with van der Waals surface area (Å²) in [5.74, 6) is 0. The summed E-state index contributed by atoms with van der Waals surface area (Å²) in [5, 5.41) is 4.80. The van der Waals surface area contributed by atoms with E-state index in [-0.39, 0.29) is 0 Å². The van der Waals surface area contributed by atoms with E-state index < -0.39 is 10.2 Å². The minimum atomic E-state index is -3.36. The first-order valence-electron chi connectivity index (χ1n) is 6.19. The molecule has 0 saturated carbocycles. The van der Waals surface area contributed by atoms with E-state index in [0.29, 0.717) is 6.54 Å². The minimum Gasteiger partial charge on any atom is -0.320 e. The van der Waals surface area contributed by atoms with Crippen LogP contribution in [0, 0.1) is 0 Å². The van der Waals surface area contributed by atoms with Crippen LogP contribution in [0.3, 0.4) is 0 Å². The van der Waals surface area contributed by atoms with E-state index in [1.807, 2.05) is 7.05 Å². The number of hydrogen-bond acceptors (Lipinski definition) is 4. The molecule has 0 aromatic carbocycles. The first-order chi connectivity index (χ1) is 8.06. The SMILES string of the molecule is CNCCCN(C)S(=O)(=O)NN1CCCCC1. The van der Waals surface area contributed by atoms with Crippen LogP contribution in [0.5, 0.6) is 0 Å². The third kappa shape index (κ3) is 5.31. The van der Waals surface area contributed by atoms with Crippen molar-refractivity contribution in [2.75, 3.05) is 40.3 Å². The third-order valence-electron chi connectivity index (χ3n) is 2.91. The summed E-state index contributed by atoms with van der Waals surface area (Å²) in [6.07, 6.45) is 4.13. The van der Waals surface area contributed by atoms with Gasteiger partial charge in [-0.15, -0.1) is 4.83 Å². The van der Waals surface area contributed by atoms with Gasteiger partial charge in [0, 0.05) is 26.7 Å². The first-order valence-corrected chi connectivity index (χ1v) is 7.63. The second-order valence-electron chi connectivity index (χ2n) is 4.42. The van der Waals surface area contributed by atoms with E-state index >= 15 is 0 Å². The fraction of sp³-hybridized carbons (Fsp3) is 1.00. The van der Waals surface area contributed by atoms with Crippen LogP contribution in [-0.4, -0.2) is 58.0 Å². The molecule has 0 unspecified atom stereocenters. The van der Waals surface area contributed by atoms with Gasteiger partial charge in [0.2, 0.25) is 0 Å². The minimum absolute atomic E-state index is 0.532. The van der Waals surface area contributed by atoms with Gasteiger partial charge in [0.15, 0.2) is 0 Å². The highest BCUT2D eigenvalue weighted by Gasteiger charge is 2.21. The van der Waals surface area contributed by atoms with Crippen molar-refractivity contribution in [3.8, 4) is 0 Å². The van der Waals surface area contributed by atoms with Crippen LogP contribution < -0.4 is 10.1 Å². The number of nitrogens with zero attached hydrogens (tertiary/aromatic N) is 2. The predicted molar refractivity (Wildman–Crippen MR) is 68.7 cm³/mol. The van der Waals surface area contributed by atoms with E-state index in [4.69, 9.17) is 0 Å². The number of hydrazine groups is 1.